The standard InChI is InChI=1S/C21H22FN3O4S/c22-17-4-1-15(2-5-17)3-10-20(26)25-13-11-16(12-14-25)21(27)24-18-6-8-19(9-7-18)30(23,28)29/h1-10,16H,11-14H2,(H,24,27)(H2,23,28,29). The molecule has 2 amide bonds. The number of primary sulfonamides is 1. The maximum atomic E-state index is 12.9. The van der Waals surface area contributed by atoms with Crippen LogP contribution in [-0.4, -0.2) is 38.2 Å². The lowest BCUT2D eigenvalue weighted by atomic mass is 9.95. The van der Waals surface area contributed by atoms with E-state index in [-0.39, 0.29) is 28.4 Å². The van der Waals surface area contributed by atoms with Crippen molar-refractivity contribution in [2.75, 3.05) is 18.4 Å². The van der Waals surface area contributed by atoms with Crippen molar-refractivity contribution in [1.82, 2.24) is 4.90 Å². The number of halogens is 1. The Balaban J connectivity index is 1.50. The predicted molar refractivity (Wildman–Crippen MR) is 111 cm³/mol. The summed E-state index contributed by atoms with van der Waals surface area (Å²) in [6, 6.07) is 11.5. The van der Waals surface area contributed by atoms with Crippen LogP contribution in [0.1, 0.15) is 18.4 Å². The van der Waals surface area contributed by atoms with E-state index in [9.17, 15) is 22.4 Å². The van der Waals surface area contributed by atoms with Gasteiger partial charge in [0.05, 0.1) is 4.90 Å². The first-order chi connectivity index (χ1) is 14.2. The van der Waals surface area contributed by atoms with Crippen LogP contribution in [0.2, 0.25) is 0 Å². The Kier molecular flexibility index (Phi) is 6.63. The molecule has 158 valence electrons. The Labute approximate surface area is 174 Å². The van der Waals surface area contributed by atoms with Gasteiger partial charge in [-0.1, -0.05) is 12.1 Å². The van der Waals surface area contributed by atoms with Crippen LogP contribution in [0.5, 0.6) is 0 Å². The van der Waals surface area contributed by atoms with E-state index in [1.165, 1.54) is 42.5 Å². The average molecular weight is 431 g/mol. The van der Waals surface area contributed by atoms with E-state index in [1.807, 2.05) is 0 Å². The van der Waals surface area contributed by atoms with Crippen molar-refractivity contribution in [2.24, 2.45) is 11.1 Å². The van der Waals surface area contributed by atoms with Gasteiger partial charge in [-0.2, -0.15) is 0 Å². The fourth-order valence-electron chi connectivity index (χ4n) is 3.18. The molecule has 7 nitrogen and oxygen atoms in total. The summed E-state index contributed by atoms with van der Waals surface area (Å²) in [5.41, 5.74) is 1.21. The second-order valence-electron chi connectivity index (χ2n) is 7.04. The Morgan fingerprint density at radius 3 is 2.20 bits per heavy atom. The summed E-state index contributed by atoms with van der Waals surface area (Å²) in [5.74, 6) is -0.906. The highest BCUT2D eigenvalue weighted by Crippen LogP contribution is 2.21. The maximum absolute atomic E-state index is 12.9. The van der Waals surface area contributed by atoms with Crippen molar-refractivity contribution in [3.05, 3.63) is 66.0 Å². The van der Waals surface area contributed by atoms with E-state index in [2.05, 4.69) is 5.32 Å². The topological polar surface area (TPSA) is 110 Å². The van der Waals surface area contributed by atoms with Crippen molar-refractivity contribution >= 4 is 33.6 Å². The van der Waals surface area contributed by atoms with Gasteiger partial charge in [0.15, 0.2) is 0 Å². The first-order valence-corrected chi connectivity index (χ1v) is 10.9. The molecule has 0 bridgehead atoms. The Morgan fingerprint density at radius 2 is 1.63 bits per heavy atom. The minimum atomic E-state index is -3.78. The molecule has 0 aromatic heterocycles. The summed E-state index contributed by atoms with van der Waals surface area (Å²) in [6.07, 6.45) is 4.13. The van der Waals surface area contributed by atoms with Gasteiger partial charge in [-0.05, 0) is 60.9 Å². The molecular weight excluding hydrogens is 409 g/mol. The van der Waals surface area contributed by atoms with Crippen LogP contribution in [0.4, 0.5) is 10.1 Å². The fraction of sp³-hybridized carbons (Fsp3) is 0.238. The molecule has 1 fully saturated rings. The van der Waals surface area contributed by atoms with Crippen LogP contribution in [0, 0.1) is 11.7 Å². The molecule has 2 aromatic carbocycles. The number of anilines is 1. The lowest BCUT2D eigenvalue weighted by molar-refractivity contribution is -0.130. The zero-order chi connectivity index (χ0) is 21.7. The summed E-state index contributed by atoms with van der Waals surface area (Å²) in [5, 5.41) is 7.82. The van der Waals surface area contributed by atoms with Crippen LogP contribution in [0.15, 0.2) is 59.5 Å². The molecule has 0 atom stereocenters. The number of hydrogen-bond donors (Lipinski definition) is 2. The molecule has 3 N–H and O–H groups in total. The molecule has 0 radical (unpaired) electrons. The second-order valence-corrected chi connectivity index (χ2v) is 8.60. The van der Waals surface area contributed by atoms with Gasteiger partial charge >= 0.3 is 0 Å². The third kappa shape index (κ3) is 5.74. The van der Waals surface area contributed by atoms with Crippen molar-refractivity contribution in [3.8, 4) is 0 Å². The highest BCUT2D eigenvalue weighted by Gasteiger charge is 2.26. The molecule has 0 spiro atoms. The van der Waals surface area contributed by atoms with Crippen molar-refractivity contribution in [3.63, 3.8) is 0 Å². The van der Waals surface area contributed by atoms with E-state index in [0.29, 0.717) is 31.6 Å². The number of carbonyl (C=O) groups is 2. The number of carbonyl (C=O) groups excluding carboxylic acids is 2. The van der Waals surface area contributed by atoms with Gasteiger partial charge in [-0.3, -0.25) is 9.59 Å². The van der Waals surface area contributed by atoms with Crippen LogP contribution in [0.25, 0.3) is 6.08 Å². The van der Waals surface area contributed by atoms with Crippen LogP contribution in [0.3, 0.4) is 0 Å². The van der Waals surface area contributed by atoms with Crippen LogP contribution < -0.4 is 10.5 Å². The summed E-state index contributed by atoms with van der Waals surface area (Å²) >= 11 is 0. The molecular formula is C21H22FN3O4S. The van der Waals surface area contributed by atoms with Crippen LogP contribution >= 0.6 is 0 Å². The van der Waals surface area contributed by atoms with E-state index < -0.39 is 10.0 Å². The van der Waals surface area contributed by atoms with Gasteiger partial charge < -0.3 is 10.2 Å². The third-order valence-corrected chi connectivity index (χ3v) is 5.85. The maximum Gasteiger partial charge on any atom is 0.246 e. The van der Waals surface area contributed by atoms with E-state index in [4.69, 9.17) is 5.14 Å². The number of likely N-dealkylation sites (tertiary alicyclic amines) is 1. The molecule has 1 saturated heterocycles. The summed E-state index contributed by atoms with van der Waals surface area (Å²) in [4.78, 5) is 26.4. The van der Waals surface area contributed by atoms with E-state index >= 15 is 0 Å². The second kappa shape index (κ2) is 9.19. The number of nitrogens with zero attached hydrogens (tertiary/aromatic N) is 1. The van der Waals surface area contributed by atoms with Gasteiger partial charge in [0, 0.05) is 30.8 Å². The highest BCUT2D eigenvalue weighted by atomic mass is 32.2. The number of sulfonamides is 1. The number of piperidine rings is 1. The van der Waals surface area contributed by atoms with Crippen molar-refractivity contribution < 1.29 is 22.4 Å². The Morgan fingerprint density at radius 1 is 1.03 bits per heavy atom. The number of benzene rings is 2. The monoisotopic (exact) mass is 431 g/mol. The third-order valence-electron chi connectivity index (χ3n) is 4.92. The summed E-state index contributed by atoms with van der Waals surface area (Å²) < 4.78 is 35.5. The smallest absolute Gasteiger partial charge is 0.246 e. The van der Waals surface area contributed by atoms with E-state index in [0.717, 1.165) is 5.56 Å². The predicted octanol–water partition coefficient (Wildman–Crippen LogP) is 2.36. The number of hydrogen-bond acceptors (Lipinski definition) is 4. The molecule has 30 heavy (non-hydrogen) atoms. The van der Waals surface area contributed by atoms with Gasteiger partial charge in [-0.25, -0.2) is 17.9 Å². The van der Waals surface area contributed by atoms with Gasteiger partial charge in [0.1, 0.15) is 5.82 Å². The molecule has 1 aliphatic heterocycles. The SMILES string of the molecule is NS(=O)(=O)c1ccc(NC(=O)C2CCN(C(=O)C=Cc3ccc(F)cc3)CC2)cc1. The molecule has 9 heteroatoms. The highest BCUT2D eigenvalue weighted by molar-refractivity contribution is 7.89. The first kappa shape index (κ1) is 21.7. The zero-order valence-corrected chi connectivity index (χ0v) is 16.9. The molecule has 3 rings (SSSR count). The molecule has 1 aliphatic rings. The first-order valence-electron chi connectivity index (χ1n) is 9.39. The average Bonchev–Trinajstić information content (AvgIpc) is 2.73. The minimum Gasteiger partial charge on any atom is -0.339 e. The molecule has 0 aliphatic carbocycles. The zero-order valence-electron chi connectivity index (χ0n) is 16.1. The Hall–Kier alpha value is -3.04. The number of amides is 2. The Bertz CT molecular complexity index is 1040. The molecule has 1 heterocycles. The largest absolute Gasteiger partial charge is 0.339 e. The van der Waals surface area contributed by atoms with Gasteiger partial charge in [-0.15, -0.1) is 0 Å². The molecule has 0 unspecified atom stereocenters. The van der Waals surface area contributed by atoms with Gasteiger partial charge in [0.25, 0.3) is 0 Å². The lowest BCUT2D eigenvalue weighted by Crippen LogP contribution is -2.40. The summed E-state index contributed by atoms with van der Waals surface area (Å²) in [7, 11) is -3.78. The molecule has 2 aromatic rings. The number of nitrogens with two attached hydrogens (primary N) is 1. The minimum absolute atomic E-state index is 0.0268. The number of nitrogens with one attached hydrogen (secondary N) is 1. The normalized spacial score (nSPS) is 15.3. The fourth-order valence-corrected chi connectivity index (χ4v) is 3.70. The van der Waals surface area contributed by atoms with Gasteiger partial charge in [0.2, 0.25) is 21.8 Å². The van der Waals surface area contributed by atoms with Crippen LogP contribution in [-0.2, 0) is 19.6 Å². The number of rotatable bonds is 5. The quantitative estimate of drug-likeness (QED) is 0.708. The summed E-state index contributed by atoms with van der Waals surface area (Å²) in [6.45, 7) is 0.907. The van der Waals surface area contributed by atoms with Crippen molar-refractivity contribution in [1.29, 1.82) is 0 Å². The van der Waals surface area contributed by atoms with Crippen molar-refractivity contribution in [2.45, 2.75) is 17.7 Å². The lowest BCUT2D eigenvalue weighted by Gasteiger charge is -2.30. The van der Waals surface area contributed by atoms with E-state index in [1.54, 1.807) is 23.1 Å². The molecule has 0 saturated carbocycles.